The second-order valence-electron chi connectivity index (χ2n) is 9.89. The quantitative estimate of drug-likeness (QED) is 0.742. The van der Waals surface area contributed by atoms with Gasteiger partial charge >= 0.3 is 0 Å². The molecule has 0 unspecified atom stereocenters. The highest BCUT2D eigenvalue weighted by Gasteiger charge is 2.46. The zero-order valence-electron chi connectivity index (χ0n) is 15.9. The first-order valence-electron chi connectivity index (χ1n) is 9.20. The summed E-state index contributed by atoms with van der Waals surface area (Å²) in [6, 6.07) is 9.15. The summed E-state index contributed by atoms with van der Waals surface area (Å²) in [7, 11) is 0. The summed E-state index contributed by atoms with van der Waals surface area (Å²) < 4.78 is 0. The van der Waals surface area contributed by atoms with Crippen LogP contribution in [-0.4, -0.2) is 36.6 Å². The van der Waals surface area contributed by atoms with E-state index in [-0.39, 0.29) is 5.54 Å². The second kappa shape index (κ2) is 5.51. The van der Waals surface area contributed by atoms with Crippen molar-refractivity contribution in [3.8, 4) is 0 Å². The molecule has 128 valence electrons. The molecule has 0 radical (unpaired) electrons. The smallest absolute Gasteiger partial charge is 0.0409 e. The van der Waals surface area contributed by atoms with Crippen molar-refractivity contribution in [2.75, 3.05) is 31.1 Å². The number of hydrogen-bond donors (Lipinski definition) is 0. The zero-order valence-corrected chi connectivity index (χ0v) is 15.9. The predicted octanol–water partition coefficient (Wildman–Crippen LogP) is 4.68. The standard InChI is InChI=1S/C21H34N2/c1-19(2,3)15-22-13-11-21(12-14-22)16-23(20(4,5)6)18-10-8-7-9-17(18)21/h7-10H,11-16H2,1-6H3. The Morgan fingerprint density at radius 3 is 2.13 bits per heavy atom. The maximum Gasteiger partial charge on any atom is 0.0409 e. The van der Waals surface area contributed by atoms with Crippen molar-refractivity contribution in [1.82, 2.24) is 4.90 Å². The number of fused-ring (bicyclic) bond motifs is 2. The molecule has 1 fully saturated rings. The van der Waals surface area contributed by atoms with Gasteiger partial charge in [0.2, 0.25) is 0 Å². The molecule has 0 atom stereocenters. The molecule has 2 heterocycles. The maximum atomic E-state index is 2.67. The Labute approximate surface area is 142 Å². The number of nitrogens with zero attached hydrogens (tertiary/aromatic N) is 2. The van der Waals surface area contributed by atoms with Gasteiger partial charge in [-0.1, -0.05) is 39.0 Å². The van der Waals surface area contributed by atoms with Crippen LogP contribution in [0.5, 0.6) is 0 Å². The van der Waals surface area contributed by atoms with E-state index in [1.807, 2.05) is 0 Å². The van der Waals surface area contributed by atoms with Crippen molar-refractivity contribution in [3.63, 3.8) is 0 Å². The van der Waals surface area contributed by atoms with Gasteiger partial charge in [0.1, 0.15) is 0 Å². The van der Waals surface area contributed by atoms with Gasteiger partial charge in [0.05, 0.1) is 0 Å². The van der Waals surface area contributed by atoms with E-state index in [4.69, 9.17) is 0 Å². The van der Waals surface area contributed by atoms with Gasteiger partial charge in [-0.15, -0.1) is 0 Å². The number of anilines is 1. The molecule has 2 aliphatic rings. The van der Waals surface area contributed by atoms with Crippen LogP contribution in [0.15, 0.2) is 24.3 Å². The molecule has 0 aliphatic carbocycles. The van der Waals surface area contributed by atoms with Gasteiger partial charge in [0.15, 0.2) is 0 Å². The van der Waals surface area contributed by atoms with Crippen LogP contribution in [0.1, 0.15) is 59.9 Å². The topological polar surface area (TPSA) is 6.48 Å². The maximum absolute atomic E-state index is 2.67. The molecule has 1 saturated heterocycles. The lowest BCUT2D eigenvalue weighted by Gasteiger charge is -2.43. The summed E-state index contributed by atoms with van der Waals surface area (Å²) in [5, 5.41) is 0. The molecule has 23 heavy (non-hydrogen) atoms. The average Bonchev–Trinajstić information content (AvgIpc) is 2.76. The highest BCUT2D eigenvalue weighted by molar-refractivity contribution is 5.64. The molecule has 0 N–H and O–H groups in total. The number of piperidine rings is 1. The fraction of sp³-hybridized carbons (Fsp3) is 0.714. The van der Waals surface area contributed by atoms with Crippen molar-refractivity contribution in [1.29, 1.82) is 0 Å². The third-order valence-electron chi connectivity index (χ3n) is 5.55. The summed E-state index contributed by atoms with van der Waals surface area (Å²) in [5.74, 6) is 0. The SMILES string of the molecule is CC(C)(C)CN1CCC2(CC1)CN(C(C)(C)C)c1ccccc12. The lowest BCUT2D eigenvalue weighted by atomic mass is 9.74. The van der Waals surface area contributed by atoms with E-state index in [1.54, 1.807) is 5.56 Å². The number of para-hydroxylation sites is 1. The van der Waals surface area contributed by atoms with E-state index < -0.39 is 0 Å². The highest BCUT2D eigenvalue weighted by atomic mass is 15.2. The predicted molar refractivity (Wildman–Crippen MR) is 100 cm³/mol. The Kier molecular flexibility index (Phi) is 4.03. The Hall–Kier alpha value is -1.02. The van der Waals surface area contributed by atoms with Crippen molar-refractivity contribution < 1.29 is 0 Å². The van der Waals surface area contributed by atoms with Crippen molar-refractivity contribution in [2.45, 2.75) is 65.3 Å². The molecule has 2 heteroatoms. The third-order valence-corrected chi connectivity index (χ3v) is 5.55. The van der Waals surface area contributed by atoms with Gasteiger partial charge in [-0.05, 0) is 63.7 Å². The van der Waals surface area contributed by atoms with E-state index in [0.717, 1.165) is 0 Å². The molecule has 2 aliphatic heterocycles. The first kappa shape index (κ1) is 16.8. The highest BCUT2D eigenvalue weighted by Crippen LogP contribution is 2.49. The van der Waals surface area contributed by atoms with Crippen molar-refractivity contribution >= 4 is 5.69 Å². The third kappa shape index (κ3) is 3.28. The van der Waals surface area contributed by atoms with Crippen LogP contribution in [0.3, 0.4) is 0 Å². The minimum absolute atomic E-state index is 0.197. The summed E-state index contributed by atoms with van der Waals surface area (Å²) in [6.07, 6.45) is 2.60. The molecular formula is C21H34N2. The van der Waals surface area contributed by atoms with Gasteiger partial charge in [-0.3, -0.25) is 0 Å². The van der Waals surface area contributed by atoms with Crippen LogP contribution in [-0.2, 0) is 5.41 Å². The number of hydrogen-bond acceptors (Lipinski definition) is 2. The van der Waals surface area contributed by atoms with Crippen LogP contribution in [0.25, 0.3) is 0 Å². The fourth-order valence-electron chi connectivity index (χ4n) is 4.47. The van der Waals surface area contributed by atoms with E-state index in [2.05, 4.69) is 75.6 Å². The van der Waals surface area contributed by atoms with E-state index in [0.29, 0.717) is 10.8 Å². The van der Waals surface area contributed by atoms with Crippen LogP contribution in [0, 0.1) is 5.41 Å². The van der Waals surface area contributed by atoms with Gasteiger partial charge in [-0.25, -0.2) is 0 Å². The molecular weight excluding hydrogens is 280 g/mol. The molecule has 1 aromatic carbocycles. The molecule has 0 saturated carbocycles. The first-order chi connectivity index (χ1) is 10.6. The summed E-state index contributed by atoms with van der Waals surface area (Å²) in [5.41, 5.74) is 4.05. The zero-order chi connectivity index (χ0) is 16.9. The van der Waals surface area contributed by atoms with Crippen LogP contribution < -0.4 is 4.90 Å². The Bertz CT molecular complexity index is 554. The lowest BCUT2D eigenvalue weighted by Crippen LogP contribution is -2.49. The van der Waals surface area contributed by atoms with E-state index >= 15 is 0 Å². The average molecular weight is 315 g/mol. The van der Waals surface area contributed by atoms with Gasteiger partial charge in [0.25, 0.3) is 0 Å². The largest absolute Gasteiger partial charge is 0.366 e. The monoisotopic (exact) mass is 314 g/mol. The van der Waals surface area contributed by atoms with E-state index in [9.17, 15) is 0 Å². The minimum Gasteiger partial charge on any atom is -0.366 e. The van der Waals surface area contributed by atoms with E-state index in [1.165, 1.54) is 44.7 Å². The van der Waals surface area contributed by atoms with Crippen molar-refractivity contribution in [3.05, 3.63) is 29.8 Å². The second-order valence-corrected chi connectivity index (χ2v) is 9.89. The normalized spacial score (nSPS) is 21.7. The molecule has 0 aromatic heterocycles. The summed E-state index contributed by atoms with van der Waals surface area (Å²) in [4.78, 5) is 5.31. The van der Waals surface area contributed by atoms with Gasteiger partial charge < -0.3 is 9.80 Å². The number of benzene rings is 1. The van der Waals surface area contributed by atoms with Crippen LogP contribution in [0.4, 0.5) is 5.69 Å². The molecule has 1 aromatic rings. The summed E-state index contributed by atoms with van der Waals surface area (Å²) in [6.45, 7) is 19.0. The first-order valence-corrected chi connectivity index (χ1v) is 9.20. The molecule has 1 spiro atoms. The molecule has 2 nitrogen and oxygen atoms in total. The van der Waals surface area contributed by atoms with Gasteiger partial charge in [0, 0.05) is 29.7 Å². The molecule has 0 bridgehead atoms. The minimum atomic E-state index is 0.197. The number of likely N-dealkylation sites (tertiary alicyclic amines) is 1. The molecule has 3 rings (SSSR count). The Morgan fingerprint density at radius 1 is 0.957 bits per heavy atom. The van der Waals surface area contributed by atoms with Crippen LogP contribution in [0.2, 0.25) is 0 Å². The number of rotatable bonds is 1. The Morgan fingerprint density at radius 2 is 1.57 bits per heavy atom. The van der Waals surface area contributed by atoms with Crippen LogP contribution >= 0.6 is 0 Å². The lowest BCUT2D eigenvalue weighted by molar-refractivity contribution is 0.123. The molecule has 0 amide bonds. The summed E-state index contributed by atoms with van der Waals surface area (Å²) >= 11 is 0. The van der Waals surface area contributed by atoms with Crippen molar-refractivity contribution in [2.24, 2.45) is 5.41 Å². The Balaban J connectivity index is 1.82. The van der Waals surface area contributed by atoms with Gasteiger partial charge in [-0.2, -0.15) is 0 Å². The fourth-order valence-corrected chi connectivity index (χ4v) is 4.47.